The summed E-state index contributed by atoms with van der Waals surface area (Å²) in [6.07, 6.45) is 4.02. The third-order valence-corrected chi connectivity index (χ3v) is 7.07. The molecule has 2 aromatic rings. The van der Waals surface area contributed by atoms with Gasteiger partial charge < -0.3 is 5.73 Å². The molecule has 154 valence electrons. The third kappa shape index (κ3) is 4.85. The second kappa shape index (κ2) is 8.25. The van der Waals surface area contributed by atoms with Crippen LogP contribution >= 0.6 is 0 Å². The Balaban J connectivity index is 2.19. The number of anilines is 1. The van der Waals surface area contributed by atoms with Crippen LogP contribution in [0.2, 0.25) is 0 Å². The Morgan fingerprint density at radius 3 is 2.48 bits per heavy atom. The van der Waals surface area contributed by atoms with Crippen LogP contribution in [0.1, 0.15) is 63.1 Å². The molecule has 0 saturated heterocycles. The zero-order valence-corrected chi connectivity index (χ0v) is 18.0. The minimum Gasteiger partial charge on any atom is -0.396 e. The van der Waals surface area contributed by atoms with E-state index >= 15 is 0 Å². The first kappa shape index (κ1) is 21.5. The number of halogens is 1. The van der Waals surface area contributed by atoms with Crippen molar-refractivity contribution in [1.29, 1.82) is 5.26 Å². The van der Waals surface area contributed by atoms with E-state index in [0.29, 0.717) is 17.9 Å². The summed E-state index contributed by atoms with van der Waals surface area (Å²) in [6, 6.07) is 14.2. The minimum atomic E-state index is -1.39. The van der Waals surface area contributed by atoms with E-state index < -0.39 is 27.1 Å². The summed E-state index contributed by atoms with van der Waals surface area (Å²) < 4.78 is 30.0. The Bertz CT molecular complexity index is 959. The highest BCUT2D eigenvalue weighted by molar-refractivity contribution is 7.84. The van der Waals surface area contributed by atoms with E-state index in [0.717, 1.165) is 17.5 Å². The summed E-state index contributed by atoms with van der Waals surface area (Å²) >= 11 is 0. The quantitative estimate of drug-likeness (QED) is 0.642. The molecule has 3 rings (SSSR count). The molecule has 3 N–H and O–H groups in total. The van der Waals surface area contributed by atoms with Gasteiger partial charge in [0.05, 0.1) is 38.6 Å². The highest BCUT2D eigenvalue weighted by atomic mass is 32.2. The first-order chi connectivity index (χ1) is 13.7. The van der Waals surface area contributed by atoms with Crippen LogP contribution in [0.15, 0.2) is 42.5 Å². The molecule has 0 heterocycles. The maximum absolute atomic E-state index is 13.9. The Kier molecular flexibility index (Phi) is 6.11. The molecule has 0 spiro atoms. The number of benzene rings is 2. The predicted molar refractivity (Wildman–Crippen MR) is 116 cm³/mol. The largest absolute Gasteiger partial charge is 0.396 e. The van der Waals surface area contributed by atoms with Crippen LogP contribution in [-0.4, -0.2) is 8.96 Å². The van der Waals surface area contributed by atoms with Crippen LogP contribution in [0.25, 0.3) is 0 Å². The highest BCUT2D eigenvalue weighted by Crippen LogP contribution is 2.42. The number of nitrogens with one attached hydrogen (secondary N) is 1. The van der Waals surface area contributed by atoms with E-state index in [-0.39, 0.29) is 5.69 Å². The van der Waals surface area contributed by atoms with E-state index in [2.05, 4.69) is 10.8 Å². The normalized spacial score (nSPS) is 17.3. The molecule has 0 radical (unpaired) electrons. The summed E-state index contributed by atoms with van der Waals surface area (Å²) in [4.78, 5) is 0. The molecule has 1 fully saturated rings. The van der Waals surface area contributed by atoms with Crippen molar-refractivity contribution in [3.63, 3.8) is 0 Å². The molecule has 4 nitrogen and oxygen atoms in total. The monoisotopic (exact) mass is 413 g/mol. The molecule has 1 unspecified atom stereocenters. The Labute approximate surface area is 174 Å². The number of nitrogens with two attached hydrogens (primary N) is 1. The van der Waals surface area contributed by atoms with Gasteiger partial charge in [-0.05, 0) is 74.9 Å². The lowest BCUT2D eigenvalue weighted by Crippen LogP contribution is -2.49. The molecule has 6 heteroatoms. The summed E-state index contributed by atoms with van der Waals surface area (Å²) in [5, 5.41) is 9.42. The number of nitrogen functional groups attached to an aromatic ring is 1. The Morgan fingerprint density at radius 1 is 1.21 bits per heavy atom. The molecular weight excluding hydrogens is 385 g/mol. The van der Waals surface area contributed by atoms with Crippen molar-refractivity contribution in [2.24, 2.45) is 5.92 Å². The van der Waals surface area contributed by atoms with E-state index in [1.54, 1.807) is 18.2 Å². The van der Waals surface area contributed by atoms with E-state index in [1.165, 1.54) is 18.9 Å². The third-order valence-electron chi connectivity index (χ3n) is 5.42. The molecule has 29 heavy (non-hydrogen) atoms. The molecule has 0 aliphatic heterocycles. The van der Waals surface area contributed by atoms with E-state index in [4.69, 9.17) is 5.73 Å². The summed E-state index contributed by atoms with van der Waals surface area (Å²) in [6.45, 7) is 5.73. The first-order valence-corrected chi connectivity index (χ1v) is 11.1. The van der Waals surface area contributed by atoms with Crippen molar-refractivity contribution in [3.8, 4) is 6.07 Å². The second-order valence-corrected chi connectivity index (χ2v) is 10.8. The van der Waals surface area contributed by atoms with Crippen LogP contribution in [0.4, 0.5) is 10.1 Å². The van der Waals surface area contributed by atoms with Crippen molar-refractivity contribution >= 4 is 16.7 Å². The van der Waals surface area contributed by atoms with Crippen LogP contribution in [0.3, 0.4) is 0 Å². The highest BCUT2D eigenvalue weighted by Gasteiger charge is 2.40. The zero-order chi connectivity index (χ0) is 21.2. The van der Waals surface area contributed by atoms with Gasteiger partial charge in [-0.2, -0.15) is 5.26 Å². The van der Waals surface area contributed by atoms with Crippen molar-refractivity contribution in [3.05, 3.63) is 65.0 Å². The molecule has 0 bridgehead atoms. The van der Waals surface area contributed by atoms with Gasteiger partial charge in [-0.25, -0.2) is 13.3 Å². The maximum Gasteiger partial charge on any atom is 0.146 e. The van der Waals surface area contributed by atoms with Crippen LogP contribution < -0.4 is 10.5 Å². The van der Waals surface area contributed by atoms with Gasteiger partial charge in [-0.15, -0.1) is 0 Å². The van der Waals surface area contributed by atoms with E-state index in [9.17, 15) is 13.9 Å². The molecule has 2 aromatic carbocycles. The fraction of sp³-hybridized carbons (Fsp3) is 0.435. The zero-order valence-electron chi connectivity index (χ0n) is 17.2. The van der Waals surface area contributed by atoms with Gasteiger partial charge in [0, 0.05) is 0 Å². The van der Waals surface area contributed by atoms with E-state index in [1.807, 2.05) is 39.0 Å². The Morgan fingerprint density at radius 2 is 1.90 bits per heavy atom. The van der Waals surface area contributed by atoms with Gasteiger partial charge >= 0.3 is 0 Å². The van der Waals surface area contributed by atoms with Gasteiger partial charge in [-0.3, -0.25) is 0 Å². The van der Waals surface area contributed by atoms with Crippen molar-refractivity contribution in [2.45, 2.75) is 56.7 Å². The maximum atomic E-state index is 13.9. The van der Waals surface area contributed by atoms with Crippen molar-refractivity contribution < 1.29 is 8.60 Å². The number of nitriles is 1. The average molecular weight is 414 g/mol. The average Bonchev–Trinajstić information content (AvgIpc) is 3.51. The van der Waals surface area contributed by atoms with Gasteiger partial charge in [-0.1, -0.05) is 31.0 Å². The first-order valence-electron chi connectivity index (χ1n) is 9.91. The van der Waals surface area contributed by atoms with Crippen LogP contribution in [-0.2, 0) is 16.5 Å². The minimum absolute atomic E-state index is 0.0538. The topological polar surface area (TPSA) is 78.9 Å². The number of nitrogens with zero attached hydrogens (tertiary/aromatic N) is 1. The van der Waals surface area contributed by atoms with Gasteiger partial charge in [0.15, 0.2) is 0 Å². The second-order valence-electron chi connectivity index (χ2n) is 8.80. The lowest BCUT2D eigenvalue weighted by Gasteiger charge is -2.38. The van der Waals surface area contributed by atoms with Crippen LogP contribution in [0, 0.1) is 23.1 Å². The molecule has 0 amide bonds. The smallest absolute Gasteiger partial charge is 0.146 e. The summed E-state index contributed by atoms with van der Waals surface area (Å²) in [7, 11) is -1.39. The molecule has 1 aliphatic carbocycles. The van der Waals surface area contributed by atoms with Gasteiger partial charge in [0.25, 0.3) is 0 Å². The molecule has 1 aliphatic rings. The fourth-order valence-corrected chi connectivity index (χ4v) is 4.39. The molecule has 2 atom stereocenters. The van der Waals surface area contributed by atoms with Crippen molar-refractivity contribution in [2.75, 3.05) is 5.73 Å². The summed E-state index contributed by atoms with van der Waals surface area (Å²) in [5.41, 5.74) is 7.23. The number of hydrogen-bond acceptors (Lipinski definition) is 3. The fourth-order valence-electron chi connectivity index (χ4n) is 3.43. The van der Waals surface area contributed by atoms with Crippen LogP contribution in [0.5, 0.6) is 0 Å². The predicted octanol–water partition coefficient (Wildman–Crippen LogP) is 4.77. The van der Waals surface area contributed by atoms with Gasteiger partial charge in [0.1, 0.15) is 5.82 Å². The SMILES string of the molecule is CC(C)(C)S(=O)N[C@@](CCC1CC1)(c1cccc(C#N)c1)c1ccc(F)c(N)c1. The number of hydrogen-bond donors (Lipinski definition) is 2. The summed E-state index contributed by atoms with van der Waals surface area (Å²) in [5.74, 6) is 0.170. The molecule has 1 saturated carbocycles. The molecular formula is C23H28FN3OS. The lowest BCUT2D eigenvalue weighted by atomic mass is 9.79. The lowest BCUT2D eigenvalue weighted by molar-refractivity contribution is 0.415. The Hall–Kier alpha value is -2.23. The van der Waals surface area contributed by atoms with Gasteiger partial charge in [0.2, 0.25) is 0 Å². The number of rotatable bonds is 7. The molecule has 0 aromatic heterocycles. The van der Waals surface area contributed by atoms with Crippen molar-refractivity contribution in [1.82, 2.24) is 4.72 Å². The standard InChI is InChI=1S/C23H28FN3OS/c1-22(2,3)29(28)27-23(12-11-16-7-8-16,18-6-4-5-17(13-18)15-25)19-9-10-20(24)21(26)14-19/h4-6,9-10,13-14,16,27H,7-8,11-12,26H2,1-3H3/t23-,29?/m0/s1.